The van der Waals surface area contributed by atoms with Crippen LogP contribution >= 0.6 is 39.0 Å². The predicted molar refractivity (Wildman–Crippen MR) is 98.3 cm³/mol. The van der Waals surface area contributed by atoms with E-state index in [0.717, 1.165) is 20.8 Å². The summed E-state index contributed by atoms with van der Waals surface area (Å²) in [4.78, 5) is 28.1. The number of thioether (sulfide) groups is 1. The number of rotatable bonds is 5. The molecule has 0 aliphatic carbocycles. The summed E-state index contributed by atoms with van der Waals surface area (Å²) < 4.78 is 1.09. The largest absolute Gasteiger partial charge is 0.354 e. The van der Waals surface area contributed by atoms with E-state index in [-0.39, 0.29) is 18.4 Å². The first-order chi connectivity index (χ1) is 11.1. The molecule has 0 saturated heterocycles. The number of hydrogen-bond acceptors (Lipinski definition) is 4. The summed E-state index contributed by atoms with van der Waals surface area (Å²) in [5.74, 6) is 0.231. The number of anilines is 1. The van der Waals surface area contributed by atoms with Crippen LogP contribution in [0, 0.1) is 0 Å². The van der Waals surface area contributed by atoms with Crippen LogP contribution < -0.4 is 10.2 Å². The number of halogens is 1. The standard InChI is InChI=1S/C16H15BrN2O2S2/c17-14-6-5-11(23-14)7-8-18-15(20)9-19-12-3-1-2-4-13(12)22-10-16(19)21/h1-6H,7-10H2,(H,18,20). The Morgan fingerprint density at radius 3 is 2.87 bits per heavy atom. The summed E-state index contributed by atoms with van der Waals surface area (Å²) in [5.41, 5.74) is 0.825. The lowest BCUT2D eigenvalue weighted by Crippen LogP contribution is -2.43. The number of thiophene rings is 1. The molecule has 0 unspecified atom stereocenters. The Kier molecular flexibility index (Phi) is 5.40. The molecule has 2 amide bonds. The average molecular weight is 411 g/mol. The highest BCUT2D eigenvalue weighted by Crippen LogP contribution is 2.34. The molecule has 0 fully saturated rings. The van der Waals surface area contributed by atoms with Crippen LogP contribution in [0.1, 0.15) is 4.88 Å². The zero-order valence-electron chi connectivity index (χ0n) is 12.3. The van der Waals surface area contributed by atoms with Crippen molar-refractivity contribution in [2.24, 2.45) is 0 Å². The Hall–Kier alpha value is -1.31. The molecule has 0 atom stereocenters. The minimum atomic E-state index is -0.129. The van der Waals surface area contributed by atoms with Crippen molar-refractivity contribution in [3.05, 3.63) is 45.1 Å². The maximum absolute atomic E-state index is 12.1. The number of hydrogen-bond donors (Lipinski definition) is 1. The van der Waals surface area contributed by atoms with Crippen molar-refractivity contribution in [1.82, 2.24) is 5.32 Å². The summed E-state index contributed by atoms with van der Waals surface area (Å²) in [6, 6.07) is 11.7. The van der Waals surface area contributed by atoms with Crippen LogP contribution in [0.25, 0.3) is 0 Å². The third-order valence-electron chi connectivity index (χ3n) is 3.43. The van der Waals surface area contributed by atoms with Gasteiger partial charge < -0.3 is 10.2 Å². The quantitative estimate of drug-likeness (QED) is 0.822. The van der Waals surface area contributed by atoms with E-state index in [1.165, 1.54) is 16.6 Å². The second-order valence-corrected chi connectivity index (χ2v) is 8.61. The van der Waals surface area contributed by atoms with E-state index in [9.17, 15) is 9.59 Å². The summed E-state index contributed by atoms with van der Waals surface area (Å²) in [6.07, 6.45) is 0.794. The molecular weight excluding hydrogens is 396 g/mol. The van der Waals surface area contributed by atoms with E-state index >= 15 is 0 Å². The van der Waals surface area contributed by atoms with Gasteiger partial charge in [-0.05, 0) is 46.6 Å². The smallest absolute Gasteiger partial charge is 0.240 e. The van der Waals surface area contributed by atoms with Crippen molar-refractivity contribution >= 4 is 56.5 Å². The number of nitrogens with zero attached hydrogens (tertiary/aromatic N) is 1. The maximum atomic E-state index is 12.1. The van der Waals surface area contributed by atoms with Crippen molar-refractivity contribution in [2.45, 2.75) is 11.3 Å². The van der Waals surface area contributed by atoms with Gasteiger partial charge in [0.1, 0.15) is 6.54 Å². The van der Waals surface area contributed by atoms with E-state index < -0.39 is 0 Å². The van der Waals surface area contributed by atoms with Gasteiger partial charge in [-0.1, -0.05) is 12.1 Å². The number of para-hydroxylation sites is 1. The van der Waals surface area contributed by atoms with E-state index in [1.807, 2.05) is 36.4 Å². The minimum absolute atomic E-state index is 0.0222. The van der Waals surface area contributed by atoms with Gasteiger partial charge >= 0.3 is 0 Å². The molecule has 4 nitrogen and oxygen atoms in total. The molecule has 7 heteroatoms. The van der Waals surface area contributed by atoms with Gasteiger partial charge in [0.2, 0.25) is 11.8 Å². The number of amides is 2. The van der Waals surface area contributed by atoms with Crippen LogP contribution in [0.5, 0.6) is 0 Å². The first-order valence-electron chi connectivity index (χ1n) is 7.16. The van der Waals surface area contributed by atoms with Gasteiger partial charge in [0.25, 0.3) is 0 Å². The van der Waals surface area contributed by atoms with Crippen LogP contribution in [-0.2, 0) is 16.0 Å². The van der Waals surface area contributed by atoms with Gasteiger partial charge in [-0.25, -0.2) is 0 Å². The molecule has 3 rings (SSSR count). The third-order valence-corrected chi connectivity index (χ3v) is 6.16. The number of fused-ring (bicyclic) bond motifs is 1. The molecule has 120 valence electrons. The van der Waals surface area contributed by atoms with E-state index in [1.54, 1.807) is 16.2 Å². The van der Waals surface area contributed by atoms with E-state index in [2.05, 4.69) is 21.2 Å². The molecule has 23 heavy (non-hydrogen) atoms. The van der Waals surface area contributed by atoms with E-state index in [0.29, 0.717) is 12.3 Å². The fraction of sp³-hybridized carbons (Fsp3) is 0.250. The number of carbonyl (C=O) groups excluding carboxylic acids is 2. The van der Waals surface area contributed by atoms with Crippen molar-refractivity contribution in [2.75, 3.05) is 23.7 Å². The Balaban J connectivity index is 1.56. The van der Waals surface area contributed by atoms with Crippen LogP contribution in [0.4, 0.5) is 5.69 Å². The van der Waals surface area contributed by atoms with E-state index in [4.69, 9.17) is 0 Å². The normalized spacial score (nSPS) is 13.8. The van der Waals surface area contributed by atoms with Crippen LogP contribution in [0.2, 0.25) is 0 Å². The van der Waals surface area contributed by atoms with Gasteiger partial charge in [-0.2, -0.15) is 0 Å². The van der Waals surface area contributed by atoms with Gasteiger partial charge in [0.15, 0.2) is 0 Å². The highest BCUT2D eigenvalue weighted by Gasteiger charge is 2.25. The Morgan fingerprint density at radius 2 is 2.09 bits per heavy atom. The Labute approximate surface area is 151 Å². The molecular formula is C16H15BrN2O2S2. The summed E-state index contributed by atoms with van der Waals surface area (Å²) in [5, 5.41) is 2.89. The lowest BCUT2D eigenvalue weighted by molar-refractivity contribution is -0.122. The molecule has 1 N–H and O–H groups in total. The summed E-state index contributed by atoms with van der Waals surface area (Å²) >= 11 is 6.61. The zero-order valence-corrected chi connectivity index (χ0v) is 15.5. The number of nitrogens with one attached hydrogen (secondary N) is 1. The molecule has 0 spiro atoms. The van der Waals surface area contributed by atoms with Gasteiger partial charge in [-0.3, -0.25) is 9.59 Å². The van der Waals surface area contributed by atoms with Crippen molar-refractivity contribution in [1.29, 1.82) is 0 Å². The molecule has 2 aromatic rings. The lowest BCUT2D eigenvalue weighted by atomic mass is 10.2. The van der Waals surface area contributed by atoms with Crippen molar-refractivity contribution in [3.63, 3.8) is 0 Å². The summed E-state index contributed by atoms with van der Waals surface area (Å²) in [6.45, 7) is 0.648. The molecule has 0 radical (unpaired) electrons. The predicted octanol–water partition coefficient (Wildman–Crippen LogP) is 3.31. The van der Waals surface area contributed by atoms with Crippen LogP contribution in [0.3, 0.4) is 0 Å². The van der Waals surface area contributed by atoms with Gasteiger partial charge in [0, 0.05) is 16.3 Å². The molecule has 1 aromatic carbocycles. The lowest BCUT2D eigenvalue weighted by Gasteiger charge is -2.28. The monoisotopic (exact) mass is 410 g/mol. The second-order valence-electron chi connectivity index (χ2n) is 5.04. The molecule has 0 saturated carbocycles. The second kappa shape index (κ2) is 7.51. The SMILES string of the molecule is O=C(CN1C(=O)CSc2ccccc21)NCCc1ccc(Br)s1. The van der Waals surface area contributed by atoms with Gasteiger partial charge in [0.05, 0.1) is 15.2 Å². The highest BCUT2D eigenvalue weighted by atomic mass is 79.9. The third kappa shape index (κ3) is 4.16. The fourth-order valence-corrected chi connectivity index (χ4v) is 4.76. The molecule has 1 aliphatic heterocycles. The maximum Gasteiger partial charge on any atom is 0.240 e. The number of carbonyl (C=O) groups is 2. The molecule has 1 aliphatic rings. The topological polar surface area (TPSA) is 49.4 Å². The molecule has 2 heterocycles. The molecule has 0 bridgehead atoms. The van der Waals surface area contributed by atoms with Crippen LogP contribution in [-0.4, -0.2) is 30.7 Å². The summed E-state index contributed by atoms with van der Waals surface area (Å²) in [7, 11) is 0. The van der Waals surface area contributed by atoms with Crippen molar-refractivity contribution in [3.8, 4) is 0 Å². The highest BCUT2D eigenvalue weighted by molar-refractivity contribution is 9.11. The Bertz CT molecular complexity index is 732. The number of benzene rings is 1. The molecule has 1 aromatic heterocycles. The Morgan fingerprint density at radius 1 is 1.26 bits per heavy atom. The fourth-order valence-electron chi connectivity index (χ4n) is 2.34. The zero-order chi connectivity index (χ0) is 16.2. The van der Waals surface area contributed by atoms with Crippen LogP contribution in [0.15, 0.2) is 45.1 Å². The van der Waals surface area contributed by atoms with Gasteiger partial charge in [-0.15, -0.1) is 23.1 Å². The van der Waals surface area contributed by atoms with Crippen molar-refractivity contribution < 1.29 is 9.59 Å². The average Bonchev–Trinajstić information content (AvgIpc) is 2.96. The first-order valence-corrected chi connectivity index (χ1v) is 9.76. The minimum Gasteiger partial charge on any atom is -0.354 e. The first kappa shape index (κ1) is 16.5.